The SMILES string of the molecule is c1ccc(-c2ccc(Nc3ccc(-c4ccc(Nc5ccc6ccccc6c5)c(-c5ccc6c(c5)sc5ccccc56)c4)cc3-c3ccccc3)cc2)cc1. The summed E-state index contributed by atoms with van der Waals surface area (Å²) in [6.45, 7) is 0. The number of nitrogens with one attached hydrogen (secondary N) is 2. The molecule has 260 valence electrons. The van der Waals surface area contributed by atoms with Crippen LogP contribution in [0.15, 0.2) is 206 Å². The van der Waals surface area contributed by atoms with Crippen LogP contribution in [-0.2, 0) is 0 Å². The first-order valence-electron chi connectivity index (χ1n) is 18.7. The summed E-state index contributed by atoms with van der Waals surface area (Å²) in [7, 11) is 0. The number of anilines is 4. The van der Waals surface area contributed by atoms with Gasteiger partial charge in [0.25, 0.3) is 0 Å². The van der Waals surface area contributed by atoms with Crippen molar-refractivity contribution in [1.29, 1.82) is 0 Å². The molecule has 0 unspecified atom stereocenters. The normalized spacial score (nSPS) is 11.3. The molecule has 0 fully saturated rings. The molecule has 2 N–H and O–H groups in total. The monoisotopic (exact) mass is 720 g/mol. The van der Waals surface area contributed by atoms with E-state index in [0.29, 0.717) is 0 Å². The van der Waals surface area contributed by atoms with Gasteiger partial charge in [-0.2, -0.15) is 0 Å². The molecule has 0 amide bonds. The number of benzene rings is 9. The van der Waals surface area contributed by atoms with Gasteiger partial charge in [-0.05, 0) is 105 Å². The second-order valence-electron chi connectivity index (χ2n) is 14.0. The van der Waals surface area contributed by atoms with E-state index in [2.05, 4.69) is 217 Å². The molecule has 0 aliphatic heterocycles. The third-order valence-electron chi connectivity index (χ3n) is 10.4. The van der Waals surface area contributed by atoms with Gasteiger partial charge in [0.05, 0.1) is 0 Å². The van der Waals surface area contributed by atoms with Crippen LogP contribution in [0.5, 0.6) is 0 Å². The van der Waals surface area contributed by atoms with Crippen LogP contribution in [0, 0.1) is 0 Å². The first-order valence-corrected chi connectivity index (χ1v) is 19.5. The summed E-state index contributed by atoms with van der Waals surface area (Å²) in [6, 6.07) is 74.2. The summed E-state index contributed by atoms with van der Waals surface area (Å²) in [5.41, 5.74) is 13.6. The molecule has 0 radical (unpaired) electrons. The highest BCUT2D eigenvalue weighted by Crippen LogP contribution is 2.41. The highest BCUT2D eigenvalue weighted by molar-refractivity contribution is 7.25. The maximum Gasteiger partial charge on any atom is 0.0464 e. The fourth-order valence-corrected chi connectivity index (χ4v) is 8.75. The highest BCUT2D eigenvalue weighted by Gasteiger charge is 2.14. The molecular formula is C52H36N2S. The number of rotatable bonds is 8. The molecule has 10 aromatic rings. The van der Waals surface area contributed by atoms with Crippen molar-refractivity contribution in [3.63, 3.8) is 0 Å². The lowest BCUT2D eigenvalue weighted by molar-refractivity contribution is 1.51. The second-order valence-corrected chi connectivity index (χ2v) is 15.0. The molecule has 0 aliphatic carbocycles. The Hall–Kier alpha value is -6.94. The van der Waals surface area contributed by atoms with Crippen LogP contribution in [0.1, 0.15) is 0 Å². The number of fused-ring (bicyclic) bond motifs is 4. The van der Waals surface area contributed by atoms with Crippen LogP contribution in [0.3, 0.4) is 0 Å². The van der Waals surface area contributed by atoms with Crippen LogP contribution < -0.4 is 10.6 Å². The number of hydrogen-bond donors (Lipinski definition) is 2. The van der Waals surface area contributed by atoms with Crippen LogP contribution >= 0.6 is 11.3 Å². The van der Waals surface area contributed by atoms with Crippen molar-refractivity contribution >= 4 is 65.0 Å². The molecule has 0 spiro atoms. The van der Waals surface area contributed by atoms with Gasteiger partial charge in [0.1, 0.15) is 0 Å². The lowest BCUT2D eigenvalue weighted by Crippen LogP contribution is -1.96. The predicted octanol–water partition coefficient (Wildman–Crippen LogP) is 15.4. The molecule has 3 heteroatoms. The molecule has 0 saturated carbocycles. The maximum atomic E-state index is 3.80. The average molecular weight is 721 g/mol. The fraction of sp³-hybridized carbons (Fsp3) is 0. The van der Waals surface area contributed by atoms with E-state index < -0.39 is 0 Å². The third-order valence-corrected chi connectivity index (χ3v) is 11.6. The highest BCUT2D eigenvalue weighted by atomic mass is 32.1. The standard InChI is InChI=1S/C52H36N2S/c1-3-11-35(12-4-1)37-19-25-43(26-20-37)53-49-29-23-40(32-47(49)38-14-5-2-6-15-38)41-24-30-50(54-44-27-21-36-13-7-8-16-39(36)31-44)48(33-41)42-22-28-46-45-17-9-10-18-51(45)55-52(46)34-42/h1-34,53-54H. The van der Waals surface area contributed by atoms with Gasteiger partial charge in [0.2, 0.25) is 0 Å². The zero-order chi connectivity index (χ0) is 36.6. The summed E-state index contributed by atoms with van der Waals surface area (Å²) in [5, 5.41) is 12.6. The van der Waals surface area contributed by atoms with E-state index in [-0.39, 0.29) is 0 Å². The molecule has 9 aromatic carbocycles. The Morgan fingerprint density at radius 1 is 0.291 bits per heavy atom. The van der Waals surface area contributed by atoms with Gasteiger partial charge in [-0.25, -0.2) is 0 Å². The molecule has 1 heterocycles. The summed E-state index contributed by atoms with van der Waals surface area (Å²) >= 11 is 1.86. The lowest BCUT2D eigenvalue weighted by Gasteiger charge is -2.17. The van der Waals surface area contributed by atoms with E-state index in [4.69, 9.17) is 0 Å². The van der Waals surface area contributed by atoms with Gasteiger partial charge >= 0.3 is 0 Å². The van der Waals surface area contributed by atoms with Gasteiger partial charge in [-0.15, -0.1) is 11.3 Å². The molecule has 0 saturated heterocycles. The summed E-state index contributed by atoms with van der Waals surface area (Å²) in [5.74, 6) is 0. The van der Waals surface area contributed by atoms with Gasteiger partial charge in [0, 0.05) is 54.0 Å². The van der Waals surface area contributed by atoms with Crippen molar-refractivity contribution in [3.8, 4) is 44.5 Å². The Kier molecular flexibility index (Phi) is 8.40. The average Bonchev–Trinajstić information content (AvgIpc) is 3.63. The van der Waals surface area contributed by atoms with Crippen LogP contribution in [0.2, 0.25) is 0 Å². The molecule has 2 nitrogen and oxygen atoms in total. The van der Waals surface area contributed by atoms with Crippen molar-refractivity contribution in [1.82, 2.24) is 0 Å². The summed E-state index contributed by atoms with van der Waals surface area (Å²) < 4.78 is 2.60. The van der Waals surface area contributed by atoms with E-state index in [1.165, 1.54) is 47.6 Å². The van der Waals surface area contributed by atoms with E-state index in [1.807, 2.05) is 11.3 Å². The van der Waals surface area contributed by atoms with Crippen molar-refractivity contribution in [2.75, 3.05) is 10.6 Å². The van der Waals surface area contributed by atoms with Crippen molar-refractivity contribution in [3.05, 3.63) is 206 Å². The van der Waals surface area contributed by atoms with Gasteiger partial charge in [0.15, 0.2) is 0 Å². The van der Waals surface area contributed by atoms with Crippen molar-refractivity contribution in [2.45, 2.75) is 0 Å². The minimum atomic E-state index is 1.05. The van der Waals surface area contributed by atoms with Crippen LogP contribution in [0.4, 0.5) is 22.7 Å². The topological polar surface area (TPSA) is 24.1 Å². The molecular weight excluding hydrogens is 685 g/mol. The van der Waals surface area contributed by atoms with E-state index in [1.54, 1.807) is 0 Å². The first kappa shape index (κ1) is 32.7. The molecule has 1 aromatic heterocycles. The molecule has 0 aliphatic rings. The lowest BCUT2D eigenvalue weighted by atomic mass is 9.93. The van der Waals surface area contributed by atoms with Gasteiger partial charge in [-0.3, -0.25) is 0 Å². The van der Waals surface area contributed by atoms with Gasteiger partial charge in [-0.1, -0.05) is 146 Å². The largest absolute Gasteiger partial charge is 0.355 e. The minimum absolute atomic E-state index is 1.05. The zero-order valence-corrected chi connectivity index (χ0v) is 30.9. The minimum Gasteiger partial charge on any atom is -0.355 e. The van der Waals surface area contributed by atoms with Gasteiger partial charge < -0.3 is 10.6 Å². The first-order chi connectivity index (χ1) is 27.2. The quantitative estimate of drug-likeness (QED) is 0.163. The second kappa shape index (κ2) is 14.1. The smallest absolute Gasteiger partial charge is 0.0464 e. The predicted molar refractivity (Wildman–Crippen MR) is 238 cm³/mol. The van der Waals surface area contributed by atoms with Crippen molar-refractivity contribution < 1.29 is 0 Å². The Bertz CT molecular complexity index is 2960. The maximum absolute atomic E-state index is 3.80. The summed E-state index contributed by atoms with van der Waals surface area (Å²) in [6.07, 6.45) is 0. The van der Waals surface area contributed by atoms with E-state index in [0.717, 1.165) is 50.6 Å². The Morgan fingerprint density at radius 3 is 1.56 bits per heavy atom. The van der Waals surface area contributed by atoms with Crippen molar-refractivity contribution in [2.24, 2.45) is 0 Å². The Morgan fingerprint density at radius 2 is 0.818 bits per heavy atom. The Labute approximate surface area is 325 Å². The summed E-state index contributed by atoms with van der Waals surface area (Å²) in [4.78, 5) is 0. The zero-order valence-electron chi connectivity index (χ0n) is 30.0. The fourth-order valence-electron chi connectivity index (χ4n) is 7.61. The third kappa shape index (κ3) is 6.52. The van der Waals surface area contributed by atoms with Crippen LogP contribution in [0.25, 0.3) is 75.5 Å². The van der Waals surface area contributed by atoms with Crippen LogP contribution in [-0.4, -0.2) is 0 Å². The molecule has 0 atom stereocenters. The number of hydrogen-bond acceptors (Lipinski definition) is 3. The van der Waals surface area contributed by atoms with E-state index in [9.17, 15) is 0 Å². The number of thiophene rings is 1. The molecule has 0 bridgehead atoms. The molecule has 10 rings (SSSR count). The Balaban J connectivity index is 1.06. The van der Waals surface area contributed by atoms with E-state index >= 15 is 0 Å². The molecule has 55 heavy (non-hydrogen) atoms.